The van der Waals surface area contributed by atoms with Gasteiger partial charge in [-0.3, -0.25) is 0 Å². The Morgan fingerprint density at radius 1 is 1.12 bits per heavy atom. The highest BCUT2D eigenvalue weighted by Crippen LogP contribution is 2.30. The van der Waals surface area contributed by atoms with Gasteiger partial charge in [0.15, 0.2) is 0 Å². The molecule has 32 heavy (non-hydrogen) atoms. The molecule has 1 aromatic heterocycles. The van der Waals surface area contributed by atoms with Crippen molar-refractivity contribution in [3.63, 3.8) is 0 Å². The summed E-state index contributed by atoms with van der Waals surface area (Å²) in [6.45, 7) is 5.77. The topological polar surface area (TPSA) is 112 Å². The summed E-state index contributed by atoms with van der Waals surface area (Å²) in [6.07, 6.45) is 0.712. The van der Waals surface area contributed by atoms with Crippen molar-refractivity contribution >= 4 is 16.1 Å². The summed E-state index contributed by atoms with van der Waals surface area (Å²) in [7, 11) is -4.00. The SMILES string of the molecule is CC(C)(C)C(Cc1cc(-c2ccccc2)n(S(=O)(=O)c2cccc(C#N)c2)c1)NC(=O)O. The Hall–Kier alpha value is -3.57. The summed E-state index contributed by atoms with van der Waals surface area (Å²) < 4.78 is 28.2. The molecule has 3 aromatic rings. The number of nitriles is 1. The van der Waals surface area contributed by atoms with Gasteiger partial charge in [-0.25, -0.2) is 17.2 Å². The van der Waals surface area contributed by atoms with Crippen molar-refractivity contribution in [2.75, 3.05) is 0 Å². The minimum Gasteiger partial charge on any atom is -0.465 e. The maximum absolute atomic E-state index is 13.5. The number of hydrogen-bond donors (Lipinski definition) is 2. The molecule has 1 atom stereocenters. The Labute approximate surface area is 188 Å². The molecule has 1 heterocycles. The highest BCUT2D eigenvalue weighted by molar-refractivity contribution is 7.90. The normalized spacial score (nSPS) is 12.7. The van der Waals surface area contributed by atoms with Crippen LogP contribution in [-0.2, 0) is 16.4 Å². The first kappa shape index (κ1) is 23.1. The molecule has 0 spiro atoms. The molecule has 2 N–H and O–H groups in total. The zero-order valence-electron chi connectivity index (χ0n) is 18.1. The van der Waals surface area contributed by atoms with Gasteiger partial charge in [0, 0.05) is 12.2 Å². The van der Waals surface area contributed by atoms with Gasteiger partial charge in [-0.15, -0.1) is 0 Å². The van der Waals surface area contributed by atoms with Gasteiger partial charge < -0.3 is 10.4 Å². The molecule has 1 unspecified atom stereocenters. The lowest BCUT2D eigenvalue weighted by atomic mass is 9.83. The van der Waals surface area contributed by atoms with Crippen LogP contribution in [0.5, 0.6) is 0 Å². The summed E-state index contributed by atoms with van der Waals surface area (Å²) in [4.78, 5) is 11.3. The van der Waals surface area contributed by atoms with Crippen molar-refractivity contribution in [2.24, 2.45) is 5.41 Å². The van der Waals surface area contributed by atoms with Crippen LogP contribution in [0.3, 0.4) is 0 Å². The average molecular weight is 452 g/mol. The summed E-state index contributed by atoms with van der Waals surface area (Å²) in [5.74, 6) is 0. The Bertz CT molecular complexity index is 1270. The van der Waals surface area contributed by atoms with Crippen LogP contribution in [0, 0.1) is 16.7 Å². The Morgan fingerprint density at radius 3 is 2.41 bits per heavy atom. The van der Waals surface area contributed by atoms with Crippen molar-refractivity contribution in [1.29, 1.82) is 5.26 Å². The van der Waals surface area contributed by atoms with Crippen LogP contribution < -0.4 is 5.32 Å². The molecule has 7 nitrogen and oxygen atoms in total. The first-order valence-corrected chi connectivity index (χ1v) is 11.5. The van der Waals surface area contributed by atoms with Crippen molar-refractivity contribution in [3.8, 4) is 17.3 Å². The summed E-state index contributed by atoms with van der Waals surface area (Å²) in [5, 5.41) is 21.0. The maximum atomic E-state index is 13.5. The van der Waals surface area contributed by atoms with E-state index >= 15 is 0 Å². The van der Waals surface area contributed by atoms with E-state index in [1.54, 1.807) is 12.1 Å². The lowest BCUT2D eigenvalue weighted by Gasteiger charge is -2.30. The van der Waals surface area contributed by atoms with Gasteiger partial charge in [0.1, 0.15) is 0 Å². The van der Waals surface area contributed by atoms with Crippen molar-refractivity contribution in [3.05, 3.63) is 78.0 Å². The molecule has 8 heteroatoms. The molecule has 166 valence electrons. The number of benzene rings is 2. The molecule has 2 aromatic carbocycles. The first-order chi connectivity index (χ1) is 15.0. The molecular weight excluding hydrogens is 426 g/mol. The predicted molar refractivity (Wildman–Crippen MR) is 122 cm³/mol. The molecule has 0 aliphatic carbocycles. The minimum absolute atomic E-state index is 0.00640. The largest absolute Gasteiger partial charge is 0.465 e. The van der Waals surface area contributed by atoms with Gasteiger partial charge in [0.05, 0.1) is 22.2 Å². The highest BCUT2D eigenvalue weighted by Gasteiger charge is 2.29. The van der Waals surface area contributed by atoms with Gasteiger partial charge in [-0.05, 0) is 47.2 Å². The second-order valence-electron chi connectivity index (χ2n) is 8.61. The summed E-state index contributed by atoms with van der Waals surface area (Å²) in [5.41, 5.74) is 1.71. The molecule has 1 amide bonds. The lowest BCUT2D eigenvalue weighted by Crippen LogP contribution is -2.44. The first-order valence-electron chi connectivity index (χ1n) is 10.0. The number of hydrogen-bond acceptors (Lipinski definition) is 4. The van der Waals surface area contributed by atoms with Gasteiger partial charge in [0.2, 0.25) is 0 Å². The van der Waals surface area contributed by atoms with Gasteiger partial charge in [-0.1, -0.05) is 57.2 Å². The van der Waals surface area contributed by atoms with E-state index < -0.39 is 22.2 Å². The van der Waals surface area contributed by atoms with Crippen molar-refractivity contribution < 1.29 is 18.3 Å². The van der Waals surface area contributed by atoms with E-state index in [1.165, 1.54) is 28.4 Å². The van der Waals surface area contributed by atoms with Crippen LogP contribution in [0.25, 0.3) is 11.3 Å². The number of rotatable bonds is 6. The van der Waals surface area contributed by atoms with Crippen LogP contribution in [0.15, 0.2) is 71.8 Å². The van der Waals surface area contributed by atoms with E-state index in [0.717, 1.165) is 0 Å². The Kier molecular flexibility index (Phi) is 6.42. The molecule has 0 aliphatic heterocycles. The average Bonchev–Trinajstić information content (AvgIpc) is 3.18. The fraction of sp³-hybridized carbons (Fsp3) is 0.250. The molecule has 0 fully saturated rings. The molecule has 0 saturated heterocycles. The standard InChI is InChI=1S/C24H25N3O4S/c1-24(2,3)22(26-23(28)29)14-18-13-21(19-9-5-4-6-10-19)27(16-18)32(30,31)20-11-7-8-17(12-20)15-25/h4-13,16,22,26H,14H2,1-3H3,(H,28,29). The van der Waals surface area contributed by atoms with Gasteiger partial charge >= 0.3 is 6.09 Å². The van der Waals surface area contributed by atoms with Crippen molar-refractivity contribution in [2.45, 2.75) is 38.1 Å². The van der Waals surface area contributed by atoms with Crippen LogP contribution in [-0.4, -0.2) is 29.6 Å². The third kappa shape index (κ3) is 5.01. The van der Waals surface area contributed by atoms with E-state index in [9.17, 15) is 23.6 Å². The lowest BCUT2D eigenvalue weighted by molar-refractivity contribution is 0.174. The monoisotopic (exact) mass is 451 g/mol. The minimum atomic E-state index is -4.00. The zero-order valence-corrected chi connectivity index (χ0v) is 18.9. The maximum Gasteiger partial charge on any atom is 0.404 e. The van der Waals surface area contributed by atoms with E-state index in [-0.39, 0.29) is 15.9 Å². The second-order valence-corrected chi connectivity index (χ2v) is 10.4. The summed E-state index contributed by atoms with van der Waals surface area (Å²) >= 11 is 0. The van der Waals surface area contributed by atoms with E-state index in [4.69, 9.17) is 0 Å². The predicted octanol–water partition coefficient (Wildman–Crippen LogP) is 4.49. The number of carboxylic acid groups (broad SMARTS) is 1. The quantitative estimate of drug-likeness (QED) is 0.573. The summed E-state index contributed by atoms with van der Waals surface area (Å²) in [6, 6.07) is 18.3. The number of nitrogens with one attached hydrogen (secondary N) is 1. The molecule has 0 bridgehead atoms. The third-order valence-corrected chi connectivity index (χ3v) is 6.88. The Balaban J connectivity index is 2.14. The molecule has 0 saturated carbocycles. The van der Waals surface area contributed by atoms with E-state index in [2.05, 4.69) is 5.32 Å². The number of carbonyl (C=O) groups is 1. The van der Waals surface area contributed by atoms with E-state index in [1.807, 2.05) is 57.2 Å². The zero-order chi connectivity index (χ0) is 23.5. The van der Waals surface area contributed by atoms with E-state index in [0.29, 0.717) is 23.2 Å². The fourth-order valence-corrected chi connectivity index (χ4v) is 4.87. The van der Waals surface area contributed by atoms with Crippen LogP contribution in [0.4, 0.5) is 4.79 Å². The Morgan fingerprint density at radius 2 is 1.81 bits per heavy atom. The molecular formula is C24H25N3O4S. The number of nitrogens with zero attached hydrogens (tertiary/aromatic N) is 2. The molecule has 0 radical (unpaired) electrons. The number of amides is 1. The van der Waals surface area contributed by atoms with Crippen molar-refractivity contribution in [1.82, 2.24) is 9.29 Å². The van der Waals surface area contributed by atoms with Crippen LogP contribution in [0.2, 0.25) is 0 Å². The van der Waals surface area contributed by atoms with Gasteiger partial charge in [0.25, 0.3) is 10.0 Å². The fourth-order valence-electron chi connectivity index (χ4n) is 3.42. The van der Waals surface area contributed by atoms with Crippen LogP contribution in [0.1, 0.15) is 31.9 Å². The second kappa shape index (κ2) is 8.89. The van der Waals surface area contributed by atoms with Gasteiger partial charge in [-0.2, -0.15) is 5.26 Å². The van der Waals surface area contributed by atoms with Crippen LogP contribution >= 0.6 is 0 Å². The number of aromatic nitrogens is 1. The smallest absolute Gasteiger partial charge is 0.404 e. The molecule has 0 aliphatic rings. The molecule has 3 rings (SSSR count). The highest BCUT2D eigenvalue weighted by atomic mass is 32.2. The third-order valence-electron chi connectivity index (χ3n) is 5.22.